The Kier molecular flexibility index (Phi) is 2.26. The molecule has 1 nitrogen and oxygen atoms in total. The molecule has 2 N–H and O–H groups in total. The second-order valence-electron chi connectivity index (χ2n) is 4.05. The van der Waals surface area contributed by atoms with Crippen LogP contribution in [0.3, 0.4) is 0 Å². The van der Waals surface area contributed by atoms with Gasteiger partial charge in [-0.15, -0.1) is 0 Å². The Morgan fingerprint density at radius 2 is 2.23 bits per heavy atom. The lowest BCUT2D eigenvalue weighted by Gasteiger charge is -2.23. The Morgan fingerprint density at radius 1 is 1.38 bits per heavy atom. The molecular formula is C12H17N. The summed E-state index contributed by atoms with van der Waals surface area (Å²) >= 11 is 0. The highest BCUT2D eigenvalue weighted by molar-refractivity contribution is 5.45. The Balaban J connectivity index is 2.26. The summed E-state index contributed by atoms with van der Waals surface area (Å²) in [5.74, 6) is 0.899. The van der Waals surface area contributed by atoms with Gasteiger partial charge in [0.2, 0.25) is 0 Å². The highest BCUT2D eigenvalue weighted by Gasteiger charge is 2.16. The van der Waals surface area contributed by atoms with Crippen molar-refractivity contribution in [2.24, 2.45) is 5.92 Å². The van der Waals surface area contributed by atoms with Gasteiger partial charge in [0, 0.05) is 5.69 Å². The highest BCUT2D eigenvalue weighted by Crippen LogP contribution is 2.28. The molecule has 13 heavy (non-hydrogen) atoms. The molecule has 1 unspecified atom stereocenters. The molecule has 1 heteroatoms. The van der Waals surface area contributed by atoms with Crippen LogP contribution in [0, 0.1) is 5.92 Å². The van der Waals surface area contributed by atoms with Crippen LogP contribution in [-0.2, 0) is 12.8 Å². The minimum atomic E-state index is 0.899. The maximum atomic E-state index is 5.75. The minimum absolute atomic E-state index is 0.899. The van der Waals surface area contributed by atoms with Gasteiger partial charge >= 0.3 is 0 Å². The number of rotatable bonds is 1. The first-order valence-electron chi connectivity index (χ1n) is 5.17. The number of hydrogen-bond donors (Lipinski definition) is 1. The quantitative estimate of drug-likeness (QED) is 0.652. The fraction of sp³-hybridized carbons (Fsp3) is 0.500. The molecule has 0 heterocycles. The molecule has 0 aromatic heterocycles. The Morgan fingerprint density at radius 3 is 3.00 bits per heavy atom. The average molecular weight is 175 g/mol. The molecule has 0 saturated heterocycles. The Bertz CT molecular complexity index is 304. The van der Waals surface area contributed by atoms with E-state index in [2.05, 4.69) is 19.1 Å². The fourth-order valence-electron chi connectivity index (χ4n) is 2.20. The third kappa shape index (κ3) is 1.69. The van der Waals surface area contributed by atoms with Crippen LogP contribution in [0.1, 0.15) is 30.9 Å². The molecule has 0 bridgehead atoms. The summed E-state index contributed by atoms with van der Waals surface area (Å²) in [6, 6.07) is 6.37. The van der Waals surface area contributed by atoms with E-state index in [-0.39, 0.29) is 0 Å². The van der Waals surface area contributed by atoms with Crippen molar-refractivity contribution in [2.75, 3.05) is 5.73 Å². The minimum Gasteiger partial charge on any atom is -0.399 e. The maximum absolute atomic E-state index is 5.75. The molecule has 1 aromatic rings. The van der Waals surface area contributed by atoms with Gasteiger partial charge < -0.3 is 5.73 Å². The maximum Gasteiger partial charge on any atom is 0.0316 e. The van der Waals surface area contributed by atoms with Gasteiger partial charge in [0.1, 0.15) is 0 Å². The van der Waals surface area contributed by atoms with Crippen molar-refractivity contribution in [3.05, 3.63) is 29.3 Å². The molecule has 70 valence electrons. The van der Waals surface area contributed by atoms with Gasteiger partial charge in [-0.1, -0.05) is 19.4 Å². The molecule has 0 aliphatic heterocycles. The van der Waals surface area contributed by atoms with Crippen LogP contribution in [0.4, 0.5) is 5.69 Å². The second kappa shape index (κ2) is 3.41. The molecule has 0 radical (unpaired) electrons. The van der Waals surface area contributed by atoms with E-state index in [4.69, 9.17) is 5.73 Å². The SMILES string of the molecule is CCC1CCc2cc(N)ccc2C1. The average Bonchev–Trinajstić information content (AvgIpc) is 2.17. The molecule has 0 amide bonds. The first-order valence-corrected chi connectivity index (χ1v) is 5.17. The first-order chi connectivity index (χ1) is 6.29. The van der Waals surface area contributed by atoms with Crippen LogP contribution >= 0.6 is 0 Å². The van der Waals surface area contributed by atoms with Gasteiger partial charge in [0.05, 0.1) is 0 Å². The summed E-state index contributed by atoms with van der Waals surface area (Å²) in [5.41, 5.74) is 9.66. The van der Waals surface area contributed by atoms with E-state index < -0.39 is 0 Å². The zero-order chi connectivity index (χ0) is 9.26. The summed E-state index contributed by atoms with van der Waals surface area (Å²) < 4.78 is 0. The first kappa shape index (κ1) is 8.61. The van der Waals surface area contributed by atoms with E-state index in [0.29, 0.717) is 0 Å². The second-order valence-corrected chi connectivity index (χ2v) is 4.05. The zero-order valence-corrected chi connectivity index (χ0v) is 8.22. The van der Waals surface area contributed by atoms with Gasteiger partial charge in [-0.2, -0.15) is 0 Å². The highest BCUT2D eigenvalue weighted by atomic mass is 14.5. The molecule has 1 aliphatic carbocycles. The Labute approximate surface area is 80.0 Å². The summed E-state index contributed by atoms with van der Waals surface area (Å²) in [6.07, 6.45) is 5.13. The summed E-state index contributed by atoms with van der Waals surface area (Å²) in [6.45, 7) is 2.28. The van der Waals surface area contributed by atoms with E-state index in [1.165, 1.54) is 36.8 Å². The van der Waals surface area contributed by atoms with Crippen molar-refractivity contribution >= 4 is 5.69 Å². The topological polar surface area (TPSA) is 26.0 Å². The van der Waals surface area contributed by atoms with Crippen LogP contribution in [0.25, 0.3) is 0 Å². The van der Waals surface area contributed by atoms with Crippen LogP contribution in [0.5, 0.6) is 0 Å². The fourth-order valence-corrected chi connectivity index (χ4v) is 2.20. The van der Waals surface area contributed by atoms with E-state index in [0.717, 1.165) is 11.6 Å². The third-order valence-electron chi connectivity index (χ3n) is 3.14. The van der Waals surface area contributed by atoms with E-state index in [1.807, 2.05) is 6.07 Å². The van der Waals surface area contributed by atoms with Crippen molar-refractivity contribution < 1.29 is 0 Å². The normalized spacial score (nSPS) is 21.2. The molecule has 0 saturated carbocycles. The van der Waals surface area contributed by atoms with Crippen molar-refractivity contribution in [3.63, 3.8) is 0 Å². The summed E-state index contributed by atoms with van der Waals surface area (Å²) in [5, 5.41) is 0. The van der Waals surface area contributed by atoms with Gasteiger partial charge in [-0.25, -0.2) is 0 Å². The van der Waals surface area contributed by atoms with E-state index >= 15 is 0 Å². The predicted octanol–water partition coefficient (Wildman–Crippen LogP) is 2.78. The van der Waals surface area contributed by atoms with Crippen LogP contribution in [0.2, 0.25) is 0 Å². The molecule has 1 atom stereocenters. The van der Waals surface area contributed by atoms with E-state index in [9.17, 15) is 0 Å². The lowest BCUT2D eigenvalue weighted by atomic mass is 9.82. The largest absolute Gasteiger partial charge is 0.399 e. The van der Waals surface area contributed by atoms with Crippen LogP contribution in [-0.4, -0.2) is 0 Å². The molecule has 2 rings (SSSR count). The molecule has 0 spiro atoms. The summed E-state index contributed by atoms with van der Waals surface area (Å²) in [4.78, 5) is 0. The number of benzene rings is 1. The van der Waals surface area contributed by atoms with Crippen molar-refractivity contribution in [1.82, 2.24) is 0 Å². The summed E-state index contributed by atoms with van der Waals surface area (Å²) in [7, 11) is 0. The van der Waals surface area contributed by atoms with Crippen molar-refractivity contribution in [3.8, 4) is 0 Å². The van der Waals surface area contributed by atoms with Gasteiger partial charge in [0.25, 0.3) is 0 Å². The van der Waals surface area contributed by atoms with Gasteiger partial charge in [-0.3, -0.25) is 0 Å². The van der Waals surface area contributed by atoms with Crippen LogP contribution < -0.4 is 5.73 Å². The number of fused-ring (bicyclic) bond motifs is 1. The van der Waals surface area contributed by atoms with Crippen molar-refractivity contribution in [1.29, 1.82) is 0 Å². The Hall–Kier alpha value is -0.980. The number of nitrogen functional groups attached to an aromatic ring is 1. The molecule has 1 aromatic carbocycles. The smallest absolute Gasteiger partial charge is 0.0316 e. The molecular weight excluding hydrogens is 158 g/mol. The van der Waals surface area contributed by atoms with Crippen LogP contribution in [0.15, 0.2) is 18.2 Å². The lowest BCUT2D eigenvalue weighted by molar-refractivity contribution is 0.445. The molecule has 0 fully saturated rings. The van der Waals surface area contributed by atoms with E-state index in [1.54, 1.807) is 0 Å². The van der Waals surface area contributed by atoms with Gasteiger partial charge in [0.15, 0.2) is 0 Å². The van der Waals surface area contributed by atoms with Gasteiger partial charge in [-0.05, 0) is 48.4 Å². The molecule has 1 aliphatic rings. The predicted molar refractivity (Wildman–Crippen MR) is 56.7 cm³/mol. The number of anilines is 1. The number of aryl methyl sites for hydroxylation is 1. The number of nitrogens with two attached hydrogens (primary N) is 1. The number of hydrogen-bond acceptors (Lipinski definition) is 1. The zero-order valence-electron chi connectivity index (χ0n) is 8.22. The lowest BCUT2D eigenvalue weighted by Crippen LogP contribution is -2.13. The van der Waals surface area contributed by atoms with Crippen molar-refractivity contribution in [2.45, 2.75) is 32.6 Å². The third-order valence-corrected chi connectivity index (χ3v) is 3.14. The monoisotopic (exact) mass is 175 g/mol. The standard InChI is InChI=1S/C12H17N/c1-2-9-3-4-11-8-12(13)6-5-10(11)7-9/h5-6,8-9H,2-4,7,13H2,1H3.